The van der Waals surface area contributed by atoms with Gasteiger partial charge in [-0.2, -0.15) is 5.10 Å². The summed E-state index contributed by atoms with van der Waals surface area (Å²) in [7, 11) is 0. The molecule has 1 aliphatic rings. The number of hydrogen-bond acceptors (Lipinski definition) is 3. The van der Waals surface area contributed by atoms with Gasteiger partial charge in [-0.3, -0.25) is 4.79 Å². The Hall–Kier alpha value is -2.31. The third-order valence-electron chi connectivity index (χ3n) is 4.03. The maximum absolute atomic E-state index is 12.4. The molecule has 0 fully saturated rings. The molecule has 0 atom stereocenters. The number of nitrogens with zero attached hydrogens (tertiary/aromatic N) is 2. The first-order valence-corrected chi connectivity index (χ1v) is 7.54. The van der Waals surface area contributed by atoms with Crippen LogP contribution in [-0.4, -0.2) is 21.9 Å². The number of carbonyl (C=O) groups excluding carboxylic acids is 1. The molecule has 0 unspecified atom stereocenters. The molecule has 1 heterocycles. The van der Waals surface area contributed by atoms with Crippen LogP contribution in [0.3, 0.4) is 0 Å². The molecule has 2 aromatic rings. The summed E-state index contributed by atoms with van der Waals surface area (Å²) in [6.45, 7) is 5.80. The molecular weight excluding hydrogens is 321 g/mol. The Morgan fingerprint density at radius 2 is 1.79 bits per heavy atom. The topological polar surface area (TPSA) is 44.1 Å². The van der Waals surface area contributed by atoms with Crippen molar-refractivity contribution in [3.8, 4) is 11.4 Å². The molecule has 0 radical (unpaired) electrons. The number of halogens is 3. The van der Waals surface area contributed by atoms with Crippen molar-refractivity contribution < 1.29 is 22.7 Å². The van der Waals surface area contributed by atoms with E-state index in [1.54, 1.807) is 11.6 Å². The first-order chi connectivity index (χ1) is 11.1. The molecule has 0 aliphatic heterocycles. The second-order valence-electron chi connectivity index (χ2n) is 6.80. The number of ketones is 1. The lowest BCUT2D eigenvalue weighted by molar-refractivity contribution is -0.274. The number of benzene rings is 1. The molecule has 128 valence electrons. The molecule has 1 aromatic heterocycles. The maximum Gasteiger partial charge on any atom is 0.573 e. The van der Waals surface area contributed by atoms with E-state index in [1.807, 2.05) is 13.8 Å². The van der Waals surface area contributed by atoms with E-state index in [9.17, 15) is 18.0 Å². The predicted molar refractivity (Wildman–Crippen MR) is 81.4 cm³/mol. The standard InChI is InChI=1S/C17H17F3N2O2/c1-10-15-13(8-16(2,3)9-14(15)23)22(21-10)11-4-6-12(7-5-11)24-17(18,19)20/h4-7H,8-9H2,1-3H3. The van der Waals surface area contributed by atoms with E-state index >= 15 is 0 Å². The van der Waals surface area contributed by atoms with E-state index < -0.39 is 6.36 Å². The maximum atomic E-state index is 12.4. The molecule has 0 bridgehead atoms. The second kappa shape index (κ2) is 5.36. The Morgan fingerprint density at radius 1 is 1.17 bits per heavy atom. The van der Waals surface area contributed by atoms with Gasteiger partial charge in [-0.05, 0) is 43.0 Å². The summed E-state index contributed by atoms with van der Waals surface area (Å²) in [5.74, 6) is -0.234. The van der Waals surface area contributed by atoms with Crippen molar-refractivity contribution in [2.75, 3.05) is 0 Å². The Bertz CT molecular complexity index is 789. The number of hydrogen-bond donors (Lipinski definition) is 0. The minimum Gasteiger partial charge on any atom is -0.406 e. The van der Waals surface area contributed by atoms with Crippen LogP contribution in [0.2, 0.25) is 0 Å². The quantitative estimate of drug-likeness (QED) is 0.823. The van der Waals surface area contributed by atoms with Crippen LogP contribution < -0.4 is 4.74 Å². The number of alkyl halides is 3. The van der Waals surface area contributed by atoms with E-state index in [2.05, 4.69) is 9.84 Å². The highest BCUT2D eigenvalue weighted by Crippen LogP contribution is 2.37. The normalized spacial score (nSPS) is 16.8. The lowest BCUT2D eigenvalue weighted by Crippen LogP contribution is -2.28. The Balaban J connectivity index is 1.99. The van der Waals surface area contributed by atoms with Crippen LogP contribution in [0.25, 0.3) is 5.69 Å². The van der Waals surface area contributed by atoms with Gasteiger partial charge in [0.1, 0.15) is 5.75 Å². The zero-order valence-electron chi connectivity index (χ0n) is 13.6. The van der Waals surface area contributed by atoms with Crippen molar-refractivity contribution in [2.45, 2.75) is 40.0 Å². The van der Waals surface area contributed by atoms with Gasteiger partial charge in [-0.15, -0.1) is 13.2 Å². The molecule has 0 spiro atoms. The van der Waals surface area contributed by atoms with Crippen LogP contribution in [0.4, 0.5) is 13.2 Å². The largest absolute Gasteiger partial charge is 0.573 e. The van der Waals surface area contributed by atoms with E-state index in [1.165, 1.54) is 24.3 Å². The summed E-state index contributed by atoms with van der Waals surface area (Å²) in [6.07, 6.45) is -3.58. The van der Waals surface area contributed by atoms with Gasteiger partial charge in [0.2, 0.25) is 0 Å². The third-order valence-corrected chi connectivity index (χ3v) is 4.03. The van der Waals surface area contributed by atoms with Gasteiger partial charge in [0, 0.05) is 6.42 Å². The van der Waals surface area contributed by atoms with Crippen LogP contribution >= 0.6 is 0 Å². The van der Waals surface area contributed by atoms with Crippen molar-refractivity contribution in [1.29, 1.82) is 0 Å². The van der Waals surface area contributed by atoms with E-state index in [0.29, 0.717) is 29.8 Å². The lowest BCUT2D eigenvalue weighted by atomic mass is 9.75. The summed E-state index contributed by atoms with van der Waals surface area (Å²) >= 11 is 0. The van der Waals surface area contributed by atoms with Crippen molar-refractivity contribution >= 4 is 5.78 Å². The highest BCUT2D eigenvalue weighted by molar-refractivity contribution is 5.99. The number of carbonyl (C=O) groups is 1. The molecule has 1 aliphatic carbocycles. The molecule has 4 nitrogen and oxygen atoms in total. The van der Waals surface area contributed by atoms with Gasteiger partial charge in [-0.1, -0.05) is 13.8 Å². The smallest absolute Gasteiger partial charge is 0.406 e. The van der Waals surface area contributed by atoms with Crippen molar-refractivity contribution in [1.82, 2.24) is 9.78 Å². The number of aromatic nitrogens is 2. The average molecular weight is 338 g/mol. The van der Waals surface area contributed by atoms with Gasteiger partial charge in [0.25, 0.3) is 0 Å². The molecule has 24 heavy (non-hydrogen) atoms. The molecule has 0 N–H and O–H groups in total. The summed E-state index contributed by atoms with van der Waals surface area (Å²) in [5, 5.41) is 4.42. The van der Waals surface area contributed by atoms with E-state index in [4.69, 9.17) is 0 Å². The van der Waals surface area contributed by atoms with Crippen LogP contribution in [0.1, 0.15) is 42.0 Å². The Morgan fingerprint density at radius 3 is 2.38 bits per heavy atom. The third kappa shape index (κ3) is 3.16. The van der Waals surface area contributed by atoms with Gasteiger partial charge >= 0.3 is 6.36 Å². The zero-order chi connectivity index (χ0) is 17.7. The summed E-state index contributed by atoms with van der Waals surface area (Å²) < 4.78 is 42.2. The summed E-state index contributed by atoms with van der Waals surface area (Å²) in [6, 6.07) is 5.48. The molecular formula is C17H17F3N2O2. The minimum atomic E-state index is -4.72. The molecule has 1 aromatic carbocycles. The number of Topliss-reactive ketones (excluding diaryl/α,β-unsaturated/α-hetero) is 1. The fourth-order valence-electron chi connectivity index (χ4n) is 3.14. The van der Waals surface area contributed by atoms with Gasteiger partial charge < -0.3 is 4.74 Å². The van der Waals surface area contributed by atoms with Crippen LogP contribution in [-0.2, 0) is 6.42 Å². The summed E-state index contributed by atoms with van der Waals surface area (Å²) in [5.41, 5.74) is 2.50. The first-order valence-electron chi connectivity index (χ1n) is 7.54. The average Bonchev–Trinajstić information content (AvgIpc) is 2.73. The Labute approximate surface area is 137 Å². The van der Waals surface area contributed by atoms with Crippen LogP contribution in [0.15, 0.2) is 24.3 Å². The summed E-state index contributed by atoms with van der Waals surface area (Å²) in [4.78, 5) is 12.4. The van der Waals surface area contributed by atoms with Crippen molar-refractivity contribution in [2.24, 2.45) is 5.41 Å². The van der Waals surface area contributed by atoms with Gasteiger partial charge in [0.15, 0.2) is 5.78 Å². The zero-order valence-corrected chi connectivity index (χ0v) is 13.6. The molecule has 0 amide bonds. The van der Waals surface area contributed by atoms with Crippen LogP contribution in [0, 0.1) is 12.3 Å². The monoisotopic (exact) mass is 338 g/mol. The second-order valence-corrected chi connectivity index (χ2v) is 6.80. The molecule has 7 heteroatoms. The van der Waals surface area contributed by atoms with E-state index in [-0.39, 0.29) is 16.9 Å². The number of fused-ring (bicyclic) bond motifs is 1. The van der Waals surface area contributed by atoms with E-state index in [0.717, 1.165) is 5.69 Å². The Kier molecular flexibility index (Phi) is 3.69. The van der Waals surface area contributed by atoms with Gasteiger partial charge in [0.05, 0.1) is 22.6 Å². The van der Waals surface area contributed by atoms with Gasteiger partial charge in [-0.25, -0.2) is 4.68 Å². The SMILES string of the molecule is Cc1nn(-c2ccc(OC(F)(F)F)cc2)c2c1C(=O)CC(C)(C)C2. The fourth-order valence-corrected chi connectivity index (χ4v) is 3.14. The molecule has 0 saturated heterocycles. The minimum absolute atomic E-state index is 0.0574. The molecule has 3 rings (SSSR count). The van der Waals surface area contributed by atoms with Crippen molar-refractivity contribution in [3.05, 3.63) is 41.2 Å². The number of ether oxygens (including phenoxy) is 1. The lowest BCUT2D eigenvalue weighted by Gasteiger charge is -2.29. The molecule has 0 saturated carbocycles. The first kappa shape index (κ1) is 16.5. The van der Waals surface area contributed by atoms with Crippen LogP contribution in [0.5, 0.6) is 5.75 Å². The van der Waals surface area contributed by atoms with Crippen molar-refractivity contribution in [3.63, 3.8) is 0 Å². The highest BCUT2D eigenvalue weighted by Gasteiger charge is 2.36. The number of aryl methyl sites for hydroxylation is 1. The number of rotatable bonds is 2. The predicted octanol–water partition coefficient (Wildman–Crippen LogP) is 4.23. The highest BCUT2D eigenvalue weighted by atomic mass is 19.4. The fraction of sp³-hybridized carbons (Fsp3) is 0.412.